The number of benzene rings is 1. The second kappa shape index (κ2) is 5.10. The molecule has 1 aromatic carbocycles. The molecule has 0 fully saturated rings. The maximum absolute atomic E-state index is 3.28. The lowest BCUT2D eigenvalue weighted by Crippen LogP contribution is -2.10. The van der Waals surface area contributed by atoms with Crippen molar-refractivity contribution in [3.8, 4) is 0 Å². The van der Waals surface area contributed by atoms with Gasteiger partial charge in [0.1, 0.15) is 0 Å². The van der Waals surface area contributed by atoms with Crippen LogP contribution in [0.2, 0.25) is 0 Å². The van der Waals surface area contributed by atoms with Crippen LogP contribution in [0.5, 0.6) is 0 Å². The van der Waals surface area contributed by atoms with Crippen molar-refractivity contribution in [3.05, 3.63) is 35.9 Å². The van der Waals surface area contributed by atoms with E-state index in [0.717, 1.165) is 10.4 Å². The summed E-state index contributed by atoms with van der Waals surface area (Å²) < 4.78 is 0. The highest BCUT2D eigenvalue weighted by molar-refractivity contribution is 6.04. The lowest BCUT2D eigenvalue weighted by molar-refractivity contribution is 0.792. The van der Waals surface area contributed by atoms with Crippen molar-refractivity contribution < 1.29 is 0 Å². The summed E-state index contributed by atoms with van der Waals surface area (Å²) in [6.07, 6.45) is 2.46. The standard InChI is InChI=1S/C9H15NSi/c11-10-8-4-7-9-5-2-1-3-6-9/h1-3,5-6,10H,4,7-8H2,11H3. The summed E-state index contributed by atoms with van der Waals surface area (Å²) in [5.74, 6) is 0. The first kappa shape index (κ1) is 8.49. The SMILES string of the molecule is [SiH3]NCCCc1ccccc1. The lowest BCUT2D eigenvalue weighted by atomic mass is 10.1. The molecule has 0 aliphatic carbocycles. The quantitative estimate of drug-likeness (QED) is 0.506. The van der Waals surface area contributed by atoms with E-state index < -0.39 is 0 Å². The molecule has 0 heterocycles. The summed E-state index contributed by atoms with van der Waals surface area (Å²) in [7, 11) is 1.12. The average molecular weight is 165 g/mol. The van der Waals surface area contributed by atoms with E-state index in [1.807, 2.05) is 0 Å². The van der Waals surface area contributed by atoms with Crippen molar-refractivity contribution in [2.75, 3.05) is 6.54 Å². The van der Waals surface area contributed by atoms with E-state index in [-0.39, 0.29) is 0 Å². The minimum absolute atomic E-state index is 1.12. The number of hydrogen-bond acceptors (Lipinski definition) is 1. The summed E-state index contributed by atoms with van der Waals surface area (Å²) in [5, 5.41) is 0. The number of nitrogens with one attached hydrogen (secondary N) is 1. The lowest BCUT2D eigenvalue weighted by Gasteiger charge is -1.99. The van der Waals surface area contributed by atoms with Crippen molar-refractivity contribution in [1.29, 1.82) is 0 Å². The fraction of sp³-hybridized carbons (Fsp3) is 0.333. The molecule has 0 aliphatic heterocycles. The van der Waals surface area contributed by atoms with E-state index in [2.05, 4.69) is 35.3 Å². The molecule has 0 aliphatic rings. The van der Waals surface area contributed by atoms with Crippen molar-refractivity contribution in [2.24, 2.45) is 0 Å². The van der Waals surface area contributed by atoms with E-state index in [9.17, 15) is 0 Å². The first-order valence-corrected chi connectivity index (χ1v) is 5.12. The van der Waals surface area contributed by atoms with Gasteiger partial charge in [0.15, 0.2) is 0 Å². The van der Waals surface area contributed by atoms with Gasteiger partial charge in [-0.3, -0.25) is 0 Å². The fourth-order valence-corrected chi connectivity index (χ4v) is 1.47. The Morgan fingerprint density at radius 2 is 1.91 bits per heavy atom. The topological polar surface area (TPSA) is 12.0 Å². The first-order valence-electron chi connectivity index (χ1n) is 4.12. The van der Waals surface area contributed by atoms with Crippen LogP contribution in [-0.2, 0) is 6.42 Å². The van der Waals surface area contributed by atoms with Crippen molar-refractivity contribution >= 4 is 10.4 Å². The molecule has 1 nitrogen and oxygen atoms in total. The minimum atomic E-state index is 1.12. The second-order valence-electron chi connectivity index (χ2n) is 2.69. The predicted molar refractivity (Wildman–Crippen MR) is 52.7 cm³/mol. The first-order chi connectivity index (χ1) is 5.43. The molecular formula is C9H15NSi. The van der Waals surface area contributed by atoms with E-state index in [1.54, 1.807) is 0 Å². The molecule has 0 saturated heterocycles. The molecule has 1 aromatic rings. The van der Waals surface area contributed by atoms with Gasteiger partial charge in [0, 0.05) is 0 Å². The Hall–Kier alpha value is -0.603. The van der Waals surface area contributed by atoms with Crippen LogP contribution in [-0.4, -0.2) is 16.9 Å². The van der Waals surface area contributed by atoms with Gasteiger partial charge < -0.3 is 4.98 Å². The molecule has 0 aromatic heterocycles. The zero-order chi connectivity index (χ0) is 7.94. The van der Waals surface area contributed by atoms with Gasteiger partial charge in [-0.05, 0) is 24.9 Å². The van der Waals surface area contributed by atoms with Crippen molar-refractivity contribution in [2.45, 2.75) is 12.8 Å². The normalized spacial score (nSPS) is 10.2. The monoisotopic (exact) mass is 165 g/mol. The van der Waals surface area contributed by atoms with Gasteiger partial charge in [0.25, 0.3) is 0 Å². The highest BCUT2D eigenvalue weighted by Crippen LogP contribution is 2.00. The molecule has 0 radical (unpaired) electrons. The molecule has 0 saturated carbocycles. The Morgan fingerprint density at radius 3 is 2.55 bits per heavy atom. The molecule has 0 amide bonds. The Balaban J connectivity index is 2.28. The van der Waals surface area contributed by atoms with Crippen molar-refractivity contribution in [1.82, 2.24) is 4.98 Å². The molecule has 60 valence electrons. The molecule has 0 bridgehead atoms. The highest BCUT2D eigenvalue weighted by atomic mass is 28.2. The molecule has 1 N–H and O–H groups in total. The predicted octanol–water partition coefficient (Wildman–Crippen LogP) is 0.489. The van der Waals surface area contributed by atoms with Gasteiger partial charge >= 0.3 is 0 Å². The van der Waals surface area contributed by atoms with Crippen LogP contribution in [0.1, 0.15) is 12.0 Å². The third kappa shape index (κ3) is 3.35. The van der Waals surface area contributed by atoms with Gasteiger partial charge in [-0.2, -0.15) is 0 Å². The van der Waals surface area contributed by atoms with Gasteiger partial charge in [-0.15, -0.1) is 0 Å². The average Bonchev–Trinajstić information content (AvgIpc) is 2.07. The number of rotatable bonds is 4. The summed E-state index contributed by atoms with van der Waals surface area (Å²) in [5.41, 5.74) is 1.45. The van der Waals surface area contributed by atoms with Crippen LogP contribution in [0.15, 0.2) is 30.3 Å². The Bertz CT molecular complexity index is 186. The van der Waals surface area contributed by atoms with Gasteiger partial charge in [-0.25, -0.2) is 0 Å². The van der Waals surface area contributed by atoms with E-state index in [0.29, 0.717) is 0 Å². The molecule has 1 rings (SSSR count). The van der Waals surface area contributed by atoms with Crippen LogP contribution in [0, 0.1) is 0 Å². The smallest absolute Gasteiger partial charge is 0.0749 e. The Labute approximate surface area is 71.3 Å². The molecular weight excluding hydrogens is 150 g/mol. The number of hydrogen-bond donors (Lipinski definition) is 1. The van der Waals surface area contributed by atoms with E-state index in [4.69, 9.17) is 0 Å². The van der Waals surface area contributed by atoms with Crippen LogP contribution in [0.3, 0.4) is 0 Å². The Morgan fingerprint density at radius 1 is 1.18 bits per heavy atom. The van der Waals surface area contributed by atoms with Crippen LogP contribution < -0.4 is 4.98 Å². The largest absolute Gasteiger partial charge is 0.345 e. The van der Waals surface area contributed by atoms with Gasteiger partial charge in [0.2, 0.25) is 0 Å². The van der Waals surface area contributed by atoms with Gasteiger partial charge in [0.05, 0.1) is 10.4 Å². The third-order valence-electron chi connectivity index (χ3n) is 1.74. The highest BCUT2D eigenvalue weighted by Gasteiger charge is 1.88. The molecule has 0 spiro atoms. The fourth-order valence-electron chi connectivity index (χ4n) is 1.11. The van der Waals surface area contributed by atoms with Crippen molar-refractivity contribution in [3.63, 3.8) is 0 Å². The summed E-state index contributed by atoms with van der Waals surface area (Å²) in [6.45, 7) is 1.17. The summed E-state index contributed by atoms with van der Waals surface area (Å²) in [6, 6.07) is 10.6. The van der Waals surface area contributed by atoms with Gasteiger partial charge in [-0.1, -0.05) is 30.3 Å². The Kier molecular flexibility index (Phi) is 3.94. The number of aryl methyl sites for hydroxylation is 1. The second-order valence-corrected chi connectivity index (χ2v) is 3.40. The van der Waals surface area contributed by atoms with E-state index >= 15 is 0 Å². The van der Waals surface area contributed by atoms with Crippen LogP contribution >= 0.6 is 0 Å². The maximum Gasteiger partial charge on any atom is 0.0749 e. The summed E-state index contributed by atoms with van der Waals surface area (Å²) in [4.78, 5) is 3.28. The summed E-state index contributed by atoms with van der Waals surface area (Å²) >= 11 is 0. The zero-order valence-electron chi connectivity index (χ0n) is 7.01. The molecule has 11 heavy (non-hydrogen) atoms. The molecule has 2 heteroatoms. The molecule has 0 unspecified atom stereocenters. The third-order valence-corrected chi connectivity index (χ3v) is 2.24. The molecule has 0 atom stereocenters. The van der Waals surface area contributed by atoms with Crippen LogP contribution in [0.25, 0.3) is 0 Å². The minimum Gasteiger partial charge on any atom is -0.345 e. The zero-order valence-corrected chi connectivity index (χ0v) is 9.01. The van der Waals surface area contributed by atoms with E-state index in [1.165, 1.54) is 24.9 Å². The maximum atomic E-state index is 3.28. The van der Waals surface area contributed by atoms with Crippen LogP contribution in [0.4, 0.5) is 0 Å².